The van der Waals surface area contributed by atoms with Crippen LogP contribution in [0.3, 0.4) is 0 Å². The highest BCUT2D eigenvalue weighted by molar-refractivity contribution is 5.36. The van der Waals surface area contributed by atoms with Crippen molar-refractivity contribution in [1.82, 2.24) is 5.32 Å². The number of rotatable bonds is 0. The zero-order chi connectivity index (χ0) is 10.3. The highest BCUT2D eigenvalue weighted by Crippen LogP contribution is 2.44. The molecule has 1 aliphatic carbocycles. The van der Waals surface area contributed by atoms with Crippen LogP contribution in [0.1, 0.15) is 49.3 Å². The summed E-state index contributed by atoms with van der Waals surface area (Å²) in [4.78, 5) is 0. The summed E-state index contributed by atoms with van der Waals surface area (Å²) >= 11 is 0. The smallest absolute Gasteiger partial charge is 0.0351 e. The lowest BCUT2D eigenvalue weighted by Gasteiger charge is -2.40. The molecule has 1 aromatic rings. The Kier molecular flexibility index (Phi) is 2.28. The van der Waals surface area contributed by atoms with Crippen molar-refractivity contribution in [2.45, 2.75) is 38.1 Å². The number of fused-ring (bicyclic) bond motifs is 3. The fourth-order valence-corrected chi connectivity index (χ4v) is 3.40. The maximum atomic E-state index is 3.70. The average Bonchev–Trinajstić information content (AvgIpc) is 2.30. The maximum absolute atomic E-state index is 3.70. The molecule has 1 heterocycles. The Hall–Kier alpha value is -0.820. The predicted molar refractivity (Wildman–Crippen MR) is 62.9 cm³/mol. The van der Waals surface area contributed by atoms with Gasteiger partial charge in [-0.1, -0.05) is 31.2 Å². The molecule has 1 N–H and O–H groups in total. The lowest BCUT2D eigenvalue weighted by atomic mass is 9.71. The summed E-state index contributed by atoms with van der Waals surface area (Å²) in [6.45, 7) is 3.58. The van der Waals surface area contributed by atoms with Crippen LogP contribution < -0.4 is 5.32 Å². The quantitative estimate of drug-likeness (QED) is 0.679. The topological polar surface area (TPSA) is 12.0 Å². The normalized spacial score (nSPS) is 34.3. The Morgan fingerprint density at radius 3 is 2.87 bits per heavy atom. The molecule has 3 rings (SSSR count). The standard InChI is InChI=1S/C14H19N/c1-10-9-11-5-4-8-15-14(11)13-7-3-2-6-12(10)13/h2-3,6-7,10-11,14-15H,4-5,8-9H2,1H3. The van der Waals surface area contributed by atoms with E-state index in [1.807, 2.05) is 0 Å². The van der Waals surface area contributed by atoms with Crippen LogP contribution in [0.4, 0.5) is 0 Å². The first-order valence-corrected chi connectivity index (χ1v) is 6.18. The Balaban J connectivity index is 2.03. The second kappa shape index (κ2) is 3.64. The third-order valence-corrected chi connectivity index (χ3v) is 4.11. The van der Waals surface area contributed by atoms with Gasteiger partial charge in [-0.2, -0.15) is 0 Å². The van der Waals surface area contributed by atoms with Crippen molar-refractivity contribution >= 4 is 0 Å². The molecule has 0 spiro atoms. The molecule has 0 amide bonds. The lowest BCUT2D eigenvalue weighted by molar-refractivity contribution is 0.239. The van der Waals surface area contributed by atoms with E-state index in [1.54, 1.807) is 11.1 Å². The minimum atomic E-state index is 0.645. The van der Waals surface area contributed by atoms with E-state index in [2.05, 4.69) is 36.5 Å². The van der Waals surface area contributed by atoms with E-state index in [4.69, 9.17) is 0 Å². The van der Waals surface area contributed by atoms with Crippen molar-refractivity contribution in [2.75, 3.05) is 6.54 Å². The summed E-state index contributed by atoms with van der Waals surface area (Å²) < 4.78 is 0. The number of hydrogen-bond acceptors (Lipinski definition) is 1. The molecule has 15 heavy (non-hydrogen) atoms. The molecule has 1 heteroatoms. The molecule has 2 aliphatic rings. The number of benzene rings is 1. The van der Waals surface area contributed by atoms with E-state index < -0.39 is 0 Å². The van der Waals surface area contributed by atoms with Crippen molar-refractivity contribution in [3.8, 4) is 0 Å². The van der Waals surface area contributed by atoms with Gasteiger partial charge in [0.1, 0.15) is 0 Å². The Morgan fingerprint density at radius 1 is 1.20 bits per heavy atom. The van der Waals surface area contributed by atoms with Gasteiger partial charge in [-0.15, -0.1) is 0 Å². The third kappa shape index (κ3) is 1.50. The van der Waals surface area contributed by atoms with Gasteiger partial charge < -0.3 is 5.32 Å². The zero-order valence-electron chi connectivity index (χ0n) is 9.37. The largest absolute Gasteiger partial charge is 0.310 e. The average molecular weight is 201 g/mol. The first-order valence-electron chi connectivity index (χ1n) is 6.18. The molecule has 0 bridgehead atoms. The van der Waals surface area contributed by atoms with Crippen LogP contribution >= 0.6 is 0 Å². The van der Waals surface area contributed by atoms with Crippen LogP contribution in [0, 0.1) is 5.92 Å². The monoisotopic (exact) mass is 201 g/mol. The summed E-state index contributed by atoms with van der Waals surface area (Å²) in [6, 6.07) is 9.64. The van der Waals surface area contributed by atoms with Crippen molar-refractivity contribution < 1.29 is 0 Å². The van der Waals surface area contributed by atoms with Crippen LogP contribution in [0.5, 0.6) is 0 Å². The molecule has 1 aliphatic heterocycles. The van der Waals surface area contributed by atoms with E-state index >= 15 is 0 Å². The van der Waals surface area contributed by atoms with Crippen LogP contribution in [0.15, 0.2) is 24.3 Å². The zero-order valence-corrected chi connectivity index (χ0v) is 9.37. The third-order valence-electron chi connectivity index (χ3n) is 4.11. The summed E-state index contributed by atoms with van der Waals surface area (Å²) in [6.07, 6.45) is 4.14. The van der Waals surface area contributed by atoms with Gasteiger partial charge in [-0.3, -0.25) is 0 Å². The maximum Gasteiger partial charge on any atom is 0.0351 e. The van der Waals surface area contributed by atoms with Crippen LogP contribution in [0.25, 0.3) is 0 Å². The molecular weight excluding hydrogens is 182 g/mol. The molecule has 1 nitrogen and oxygen atoms in total. The Labute approximate surface area is 91.9 Å². The molecule has 0 saturated carbocycles. The van der Waals surface area contributed by atoms with Crippen LogP contribution in [0.2, 0.25) is 0 Å². The number of hydrogen-bond donors (Lipinski definition) is 1. The Bertz CT molecular complexity index is 358. The SMILES string of the molecule is CC1CC2CCCNC2c2ccccc21. The molecular formula is C14H19N. The molecule has 0 aromatic heterocycles. The van der Waals surface area contributed by atoms with Crippen molar-refractivity contribution in [3.05, 3.63) is 35.4 Å². The van der Waals surface area contributed by atoms with E-state index in [0.29, 0.717) is 6.04 Å². The second-order valence-electron chi connectivity index (χ2n) is 5.10. The van der Waals surface area contributed by atoms with Crippen molar-refractivity contribution in [2.24, 2.45) is 5.92 Å². The molecule has 3 unspecified atom stereocenters. The van der Waals surface area contributed by atoms with Crippen LogP contribution in [-0.4, -0.2) is 6.54 Å². The molecule has 1 fully saturated rings. The van der Waals surface area contributed by atoms with E-state index in [0.717, 1.165) is 11.8 Å². The number of nitrogens with one attached hydrogen (secondary N) is 1. The lowest BCUT2D eigenvalue weighted by Crippen LogP contribution is -2.38. The van der Waals surface area contributed by atoms with Crippen molar-refractivity contribution in [3.63, 3.8) is 0 Å². The molecule has 0 radical (unpaired) electrons. The number of piperidine rings is 1. The first kappa shape index (κ1) is 9.41. The van der Waals surface area contributed by atoms with Gasteiger partial charge in [0, 0.05) is 6.04 Å². The predicted octanol–water partition coefficient (Wildman–Crippen LogP) is 3.23. The molecule has 3 atom stereocenters. The van der Waals surface area contributed by atoms with Gasteiger partial charge in [0.15, 0.2) is 0 Å². The van der Waals surface area contributed by atoms with Gasteiger partial charge in [0.2, 0.25) is 0 Å². The minimum Gasteiger partial charge on any atom is -0.310 e. The Morgan fingerprint density at radius 2 is 2.00 bits per heavy atom. The van der Waals surface area contributed by atoms with E-state index in [1.165, 1.54) is 25.8 Å². The van der Waals surface area contributed by atoms with Gasteiger partial charge in [-0.25, -0.2) is 0 Å². The molecule has 1 saturated heterocycles. The highest BCUT2D eigenvalue weighted by Gasteiger charge is 2.33. The first-order chi connectivity index (χ1) is 7.36. The van der Waals surface area contributed by atoms with Gasteiger partial charge >= 0.3 is 0 Å². The van der Waals surface area contributed by atoms with Crippen molar-refractivity contribution in [1.29, 1.82) is 0 Å². The van der Waals surface area contributed by atoms with E-state index in [-0.39, 0.29) is 0 Å². The van der Waals surface area contributed by atoms with Gasteiger partial charge in [0.25, 0.3) is 0 Å². The van der Waals surface area contributed by atoms with E-state index in [9.17, 15) is 0 Å². The highest BCUT2D eigenvalue weighted by atomic mass is 14.9. The molecule has 80 valence electrons. The summed E-state index contributed by atoms with van der Waals surface area (Å²) in [5, 5.41) is 3.70. The van der Waals surface area contributed by atoms with Gasteiger partial charge in [0.05, 0.1) is 0 Å². The molecule has 1 aromatic carbocycles. The summed E-state index contributed by atoms with van der Waals surface area (Å²) in [5.41, 5.74) is 3.15. The fourth-order valence-electron chi connectivity index (χ4n) is 3.40. The second-order valence-corrected chi connectivity index (χ2v) is 5.10. The van der Waals surface area contributed by atoms with Crippen LogP contribution in [-0.2, 0) is 0 Å². The summed E-state index contributed by atoms with van der Waals surface area (Å²) in [7, 11) is 0. The fraction of sp³-hybridized carbons (Fsp3) is 0.571. The van der Waals surface area contributed by atoms with Gasteiger partial charge in [-0.05, 0) is 48.8 Å². The minimum absolute atomic E-state index is 0.645. The summed E-state index contributed by atoms with van der Waals surface area (Å²) in [5.74, 6) is 1.63.